The number of amides is 1. The van der Waals surface area contributed by atoms with Gasteiger partial charge in [-0.1, -0.05) is 23.4 Å². The summed E-state index contributed by atoms with van der Waals surface area (Å²) in [7, 11) is 0. The molecule has 2 heterocycles. The summed E-state index contributed by atoms with van der Waals surface area (Å²) < 4.78 is 13.0. The predicted molar refractivity (Wildman–Crippen MR) is 120 cm³/mol. The van der Waals surface area contributed by atoms with Crippen LogP contribution in [0.1, 0.15) is 32.2 Å². The fraction of sp³-hybridized carbons (Fsp3) is 0.250. The van der Waals surface area contributed by atoms with Crippen molar-refractivity contribution in [2.75, 3.05) is 5.32 Å². The fourth-order valence-corrected chi connectivity index (χ4v) is 3.70. The number of phenolic OH excluding ortho intramolecular Hbond substituents is 1. The predicted octanol–water partition coefficient (Wildman–Crippen LogP) is 5.95. The smallest absolute Gasteiger partial charge is 0.412 e. The zero-order valence-corrected chi connectivity index (χ0v) is 18.2. The molecule has 2 N–H and O–H groups in total. The number of nitrogens with zero attached hydrogens (tertiary/aromatic N) is 2. The number of aryl methyl sites for hydroxylation is 2. The number of aromatic nitrogens is 2. The normalized spacial score (nSPS) is 11.6. The Bertz CT molecular complexity index is 1240. The monoisotopic (exact) mass is 419 g/mol. The van der Waals surface area contributed by atoms with Gasteiger partial charge in [0.05, 0.1) is 28.2 Å². The van der Waals surface area contributed by atoms with Crippen LogP contribution in [-0.2, 0) is 4.74 Å². The van der Waals surface area contributed by atoms with E-state index in [9.17, 15) is 9.90 Å². The Morgan fingerprint density at radius 2 is 1.77 bits per heavy atom. The van der Waals surface area contributed by atoms with Gasteiger partial charge in [0.2, 0.25) is 0 Å². The number of benzene rings is 2. The van der Waals surface area contributed by atoms with E-state index in [1.807, 2.05) is 75.6 Å². The molecule has 7 nitrogen and oxygen atoms in total. The van der Waals surface area contributed by atoms with Crippen molar-refractivity contribution < 1.29 is 19.2 Å². The second-order valence-electron chi connectivity index (χ2n) is 8.42. The topological polar surface area (TPSA) is 89.5 Å². The van der Waals surface area contributed by atoms with Gasteiger partial charge < -0.3 is 18.9 Å². The molecule has 0 fully saturated rings. The molecule has 31 heavy (non-hydrogen) atoms. The van der Waals surface area contributed by atoms with Crippen LogP contribution in [-0.4, -0.2) is 26.5 Å². The van der Waals surface area contributed by atoms with E-state index in [2.05, 4.69) is 10.5 Å². The Hall–Kier alpha value is -3.74. The molecule has 0 saturated carbocycles. The van der Waals surface area contributed by atoms with Crippen LogP contribution in [0.5, 0.6) is 5.75 Å². The van der Waals surface area contributed by atoms with Crippen molar-refractivity contribution >= 4 is 22.7 Å². The second kappa shape index (κ2) is 7.50. The summed E-state index contributed by atoms with van der Waals surface area (Å²) in [5, 5.41) is 17.7. The average molecular weight is 419 g/mol. The number of hydrogen-bond acceptors (Lipinski definition) is 5. The second-order valence-corrected chi connectivity index (χ2v) is 8.42. The number of phenols is 1. The van der Waals surface area contributed by atoms with Crippen LogP contribution in [0.2, 0.25) is 0 Å². The van der Waals surface area contributed by atoms with Crippen molar-refractivity contribution in [3.63, 3.8) is 0 Å². The van der Waals surface area contributed by atoms with Gasteiger partial charge in [0.25, 0.3) is 0 Å². The van der Waals surface area contributed by atoms with Crippen LogP contribution in [0.4, 0.5) is 10.5 Å². The Morgan fingerprint density at radius 3 is 2.39 bits per heavy atom. The first-order valence-corrected chi connectivity index (χ1v) is 10.0. The van der Waals surface area contributed by atoms with Crippen LogP contribution < -0.4 is 5.32 Å². The van der Waals surface area contributed by atoms with E-state index in [1.54, 1.807) is 12.1 Å². The summed E-state index contributed by atoms with van der Waals surface area (Å²) >= 11 is 0. The van der Waals surface area contributed by atoms with Crippen molar-refractivity contribution in [1.82, 2.24) is 9.72 Å². The van der Waals surface area contributed by atoms with Crippen LogP contribution in [0, 0.1) is 13.8 Å². The average Bonchev–Trinajstić information content (AvgIpc) is 3.18. The molecule has 1 amide bonds. The van der Waals surface area contributed by atoms with E-state index in [4.69, 9.17) is 9.26 Å². The van der Waals surface area contributed by atoms with Gasteiger partial charge >= 0.3 is 6.09 Å². The fourth-order valence-electron chi connectivity index (χ4n) is 3.70. The summed E-state index contributed by atoms with van der Waals surface area (Å²) in [5.41, 5.74) is 3.89. The summed E-state index contributed by atoms with van der Waals surface area (Å²) in [6.07, 6.45) is -0.547. The molecule has 0 atom stereocenters. The van der Waals surface area contributed by atoms with E-state index in [-0.39, 0.29) is 5.75 Å². The molecule has 0 saturated heterocycles. The third kappa shape index (κ3) is 3.86. The van der Waals surface area contributed by atoms with Gasteiger partial charge in [0.1, 0.15) is 17.1 Å². The standard InChI is InChI=1S/C24H25N3O4/c1-14-20(15(2)31-26-14)22-21(25-23(29)30-24(3,4)5)18-8-6-7-9-19(18)27(22)16-10-12-17(28)13-11-16/h6-13,28H,1-5H3,(H,25,29). The number of aromatic hydroxyl groups is 1. The lowest BCUT2D eigenvalue weighted by Crippen LogP contribution is -2.27. The first-order valence-electron chi connectivity index (χ1n) is 10.0. The van der Waals surface area contributed by atoms with E-state index >= 15 is 0 Å². The van der Waals surface area contributed by atoms with Gasteiger partial charge in [0, 0.05) is 11.1 Å². The van der Waals surface area contributed by atoms with Crippen molar-refractivity contribution in [2.45, 2.75) is 40.2 Å². The molecule has 0 unspecified atom stereocenters. The molecule has 0 aliphatic heterocycles. The molecule has 0 spiro atoms. The molecule has 0 radical (unpaired) electrons. The highest BCUT2D eigenvalue weighted by molar-refractivity contribution is 6.08. The minimum absolute atomic E-state index is 0.172. The molecule has 7 heteroatoms. The molecular weight excluding hydrogens is 394 g/mol. The number of nitrogens with one attached hydrogen (secondary N) is 1. The highest BCUT2D eigenvalue weighted by Crippen LogP contribution is 2.43. The molecule has 0 aliphatic rings. The summed E-state index contributed by atoms with van der Waals surface area (Å²) in [6, 6.07) is 14.7. The quantitative estimate of drug-likeness (QED) is 0.428. The third-order valence-electron chi connectivity index (χ3n) is 4.88. The Balaban J connectivity index is 2.03. The third-order valence-corrected chi connectivity index (χ3v) is 4.88. The zero-order chi connectivity index (χ0) is 22.3. The molecule has 2 aromatic carbocycles. The maximum atomic E-state index is 12.7. The van der Waals surface area contributed by atoms with Gasteiger partial charge in [-0.2, -0.15) is 0 Å². The lowest BCUT2D eigenvalue weighted by Gasteiger charge is -2.20. The Kier molecular flexibility index (Phi) is 4.97. The number of hydrogen-bond donors (Lipinski definition) is 2. The molecule has 160 valence electrons. The zero-order valence-electron chi connectivity index (χ0n) is 18.2. The first kappa shape index (κ1) is 20.5. The molecule has 2 aromatic heterocycles. The molecule has 4 aromatic rings. The van der Waals surface area contributed by atoms with Gasteiger partial charge in [-0.05, 0) is 65.0 Å². The minimum atomic E-state index is -0.636. The number of para-hydroxylation sites is 1. The molecule has 0 bridgehead atoms. The number of rotatable bonds is 3. The number of anilines is 1. The van der Waals surface area contributed by atoms with Crippen LogP contribution in [0.3, 0.4) is 0 Å². The van der Waals surface area contributed by atoms with Gasteiger partial charge in [-0.3, -0.25) is 5.32 Å². The summed E-state index contributed by atoms with van der Waals surface area (Å²) in [5.74, 6) is 0.804. The summed E-state index contributed by atoms with van der Waals surface area (Å²) in [6.45, 7) is 9.16. The van der Waals surface area contributed by atoms with E-state index in [1.165, 1.54) is 0 Å². The van der Waals surface area contributed by atoms with E-state index in [0.29, 0.717) is 17.1 Å². The maximum Gasteiger partial charge on any atom is 0.412 e. The Morgan fingerprint density at radius 1 is 1.10 bits per heavy atom. The number of fused-ring (bicyclic) bond motifs is 1. The largest absolute Gasteiger partial charge is 0.508 e. The van der Waals surface area contributed by atoms with Crippen molar-refractivity contribution in [1.29, 1.82) is 0 Å². The molecule has 0 aliphatic carbocycles. The number of ether oxygens (including phenoxy) is 1. The highest BCUT2D eigenvalue weighted by atomic mass is 16.6. The molecule has 4 rings (SSSR count). The van der Waals surface area contributed by atoms with Gasteiger partial charge in [0.15, 0.2) is 0 Å². The molecular formula is C24H25N3O4. The number of carbonyl (C=O) groups is 1. The Labute approximate surface area is 180 Å². The van der Waals surface area contributed by atoms with Crippen LogP contribution in [0.25, 0.3) is 27.8 Å². The van der Waals surface area contributed by atoms with Crippen LogP contribution >= 0.6 is 0 Å². The first-order chi connectivity index (χ1) is 14.7. The van der Waals surface area contributed by atoms with Gasteiger partial charge in [-0.25, -0.2) is 4.79 Å². The van der Waals surface area contributed by atoms with Crippen molar-refractivity contribution in [2.24, 2.45) is 0 Å². The highest BCUT2D eigenvalue weighted by Gasteiger charge is 2.27. The van der Waals surface area contributed by atoms with Crippen molar-refractivity contribution in [3.8, 4) is 22.7 Å². The van der Waals surface area contributed by atoms with E-state index < -0.39 is 11.7 Å². The summed E-state index contributed by atoms with van der Waals surface area (Å²) in [4.78, 5) is 12.7. The lowest BCUT2D eigenvalue weighted by atomic mass is 10.1. The van der Waals surface area contributed by atoms with Gasteiger partial charge in [-0.15, -0.1) is 0 Å². The SMILES string of the molecule is Cc1noc(C)c1-c1c(NC(=O)OC(C)(C)C)c2ccccc2n1-c1ccc(O)cc1. The maximum absolute atomic E-state index is 12.7. The number of carbonyl (C=O) groups excluding carboxylic acids is 1. The lowest BCUT2D eigenvalue weighted by molar-refractivity contribution is 0.0636. The minimum Gasteiger partial charge on any atom is -0.508 e. The van der Waals surface area contributed by atoms with Crippen LogP contribution in [0.15, 0.2) is 53.1 Å². The van der Waals surface area contributed by atoms with E-state index in [0.717, 1.165) is 27.8 Å². The van der Waals surface area contributed by atoms with Crippen molar-refractivity contribution in [3.05, 3.63) is 60.0 Å².